The monoisotopic (exact) mass is 276 g/mol. The van der Waals surface area contributed by atoms with E-state index in [1.165, 1.54) is 0 Å². The van der Waals surface area contributed by atoms with Crippen LogP contribution in [0.1, 0.15) is 13.3 Å². The Labute approximate surface area is 113 Å². The first kappa shape index (κ1) is 13.6. The molecule has 0 unspecified atom stereocenters. The van der Waals surface area contributed by atoms with E-state index in [2.05, 4.69) is 0 Å². The summed E-state index contributed by atoms with van der Waals surface area (Å²) in [6, 6.07) is 15.1. The van der Waals surface area contributed by atoms with Gasteiger partial charge in [-0.15, -0.1) is 0 Å². The van der Waals surface area contributed by atoms with Gasteiger partial charge in [0.1, 0.15) is 10.6 Å². The molecule has 0 amide bonds. The molecule has 0 saturated heterocycles. The van der Waals surface area contributed by atoms with Crippen molar-refractivity contribution >= 4 is 9.84 Å². The summed E-state index contributed by atoms with van der Waals surface area (Å²) >= 11 is 0. The topological polar surface area (TPSA) is 43.4 Å². The zero-order valence-electron chi connectivity index (χ0n) is 10.7. The standard InChI is InChI=1S/C15H16O3S/c1-2-12-18-14-10-6-7-11-15(14)19(16,17)13-8-4-3-5-9-13/h3-11H,2,12H2,1H3. The maximum absolute atomic E-state index is 12.5. The van der Waals surface area contributed by atoms with Crippen molar-refractivity contribution < 1.29 is 13.2 Å². The highest BCUT2D eigenvalue weighted by Crippen LogP contribution is 2.29. The maximum atomic E-state index is 12.5. The van der Waals surface area contributed by atoms with Crippen molar-refractivity contribution in [2.75, 3.05) is 6.61 Å². The van der Waals surface area contributed by atoms with E-state index in [1.54, 1.807) is 54.6 Å². The Morgan fingerprint density at radius 3 is 2.26 bits per heavy atom. The molecule has 100 valence electrons. The van der Waals surface area contributed by atoms with Crippen LogP contribution in [0.3, 0.4) is 0 Å². The number of hydrogen-bond acceptors (Lipinski definition) is 3. The molecule has 0 spiro atoms. The third kappa shape index (κ3) is 2.96. The summed E-state index contributed by atoms with van der Waals surface area (Å²) in [4.78, 5) is 0.497. The minimum atomic E-state index is -3.53. The van der Waals surface area contributed by atoms with Gasteiger partial charge in [-0.3, -0.25) is 0 Å². The molecule has 0 saturated carbocycles. The number of hydrogen-bond donors (Lipinski definition) is 0. The molecule has 0 aliphatic rings. The largest absolute Gasteiger partial charge is 0.492 e. The minimum Gasteiger partial charge on any atom is -0.492 e. The molecule has 0 heterocycles. The maximum Gasteiger partial charge on any atom is 0.210 e. The van der Waals surface area contributed by atoms with Gasteiger partial charge >= 0.3 is 0 Å². The second kappa shape index (κ2) is 5.89. The molecule has 3 nitrogen and oxygen atoms in total. The molecule has 0 bridgehead atoms. The summed E-state index contributed by atoms with van der Waals surface area (Å²) < 4.78 is 30.6. The van der Waals surface area contributed by atoms with Crippen molar-refractivity contribution in [3.8, 4) is 5.75 Å². The van der Waals surface area contributed by atoms with Gasteiger partial charge in [-0.05, 0) is 30.7 Å². The first-order chi connectivity index (χ1) is 9.16. The van der Waals surface area contributed by atoms with Crippen LogP contribution >= 0.6 is 0 Å². The average Bonchev–Trinajstić information content (AvgIpc) is 2.46. The lowest BCUT2D eigenvalue weighted by Gasteiger charge is -2.11. The zero-order chi connectivity index (χ0) is 13.7. The van der Waals surface area contributed by atoms with E-state index in [0.29, 0.717) is 12.4 Å². The normalized spacial score (nSPS) is 11.2. The molecule has 4 heteroatoms. The highest BCUT2D eigenvalue weighted by molar-refractivity contribution is 7.91. The van der Waals surface area contributed by atoms with E-state index in [-0.39, 0.29) is 9.79 Å². The molecule has 0 N–H and O–H groups in total. The van der Waals surface area contributed by atoms with Crippen LogP contribution in [-0.2, 0) is 9.84 Å². The van der Waals surface area contributed by atoms with Crippen LogP contribution in [0.4, 0.5) is 0 Å². The molecule has 0 atom stereocenters. The van der Waals surface area contributed by atoms with Crippen molar-refractivity contribution in [1.29, 1.82) is 0 Å². The molecule has 2 aromatic rings. The van der Waals surface area contributed by atoms with Gasteiger partial charge in [-0.1, -0.05) is 37.3 Å². The summed E-state index contributed by atoms with van der Waals surface area (Å²) in [6.07, 6.45) is 0.833. The number of rotatable bonds is 5. The van der Waals surface area contributed by atoms with Crippen LogP contribution in [0.15, 0.2) is 64.4 Å². The molecule has 19 heavy (non-hydrogen) atoms. The van der Waals surface area contributed by atoms with Gasteiger partial charge in [0.25, 0.3) is 0 Å². The Morgan fingerprint density at radius 1 is 0.947 bits per heavy atom. The summed E-state index contributed by atoms with van der Waals surface area (Å²) in [7, 11) is -3.53. The molecule has 2 rings (SSSR count). The van der Waals surface area contributed by atoms with E-state index in [4.69, 9.17) is 4.74 Å². The summed E-state index contributed by atoms with van der Waals surface area (Å²) in [6.45, 7) is 2.48. The minimum absolute atomic E-state index is 0.217. The second-order valence-corrected chi connectivity index (χ2v) is 6.03. The van der Waals surface area contributed by atoms with Gasteiger partial charge in [0.05, 0.1) is 11.5 Å². The van der Waals surface area contributed by atoms with Gasteiger partial charge in [0.2, 0.25) is 9.84 Å². The van der Waals surface area contributed by atoms with Gasteiger partial charge in [0, 0.05) is 0 Å². The molecule has 0 fully saturated rings. The lowest BCUT2D eigenvalue weighted by Crippen LogP contribution is -2.06. The summed E-state index contributed by atoms with van der Waals surface area (Å²) in [5, 5.41) is 0. The van der Waals surface area contributed by atoms with E-state index < -0.39 is 9.84 Å². The van der Waals surface area contributed by atoms with Crippen LogP contribution in [0.2, 0.25) is 0 Å². The predicted molar refractivity (Wildman–Crippen MR) is 74.1 cm³/mol. The first-order valence-corrected chi connectivity index (χ1v) is 7.66. The van der Waals surface area contributed by atoms with E-state index >= 15 is 0 Å². The Hall–Kier alpha value is -1.81. The molecule has 0 aromatic heterocycles. The Bertz CT molecular complexity index is 633. The van der Waals surface area contributed by atoms with Crippen molar-refractivity contribution in [1.82, 2.24) is 0 Å². The summed E-state index contributed by atoms with van der Waals surface area (Å²) in [5.74, 6) is 0.410. The number of sulfone groups is 1. The molecule has 0 radical (unpaired) electrons. The smallest absolute Gasteiger partial charge is 0.210 e. The van der Waals surface area contributed by atoms with E-state index in [0.717, 1.165) is 6.42 Å². The lowest BCUT2D eigenvalue weighted by atomic mass is 10.3. The molecule has 0 aliphatic carbocycles. The van der Waals surface area contributed by atoms with Crippen LogP contribution in [0.5, 0.6) is 5.75 Å². The van der Waals surface area contributed by atoms with E-state index in [9.17, 15) is 8.42 Å². The average molecular weight is 276 g/mol. The SMILES string of the molecule is CCCOc1ccccc1S(=O)(=O)c1ccccc1. The van der Waals surface area contributed by atoms with Crippen molar-refractivity contribution in [3.63, 3.8) is 0 Å². The summed E-state index contributed by atoms with van der Waals surface area (Å²) in [5.41, 5.74) is 0. The Morgan fingerprint density at radius 2 is 1.58 bits per heavy atom. The zero-order valence-corrected chi connectivity index (χ0v) is 11.6. The van der Waals surface area contributed by atoms with Crippen LogP contribution < -0.4 is 4.74 Å². The predicted octanol–water partition coefficient (Wildman–Crippen LogP) is 3.31. The fraction of sp³-hybridized carbons (Fsp3) is 0.200. The number of para-hydroxylation sites is 1. The molecular weight excluding hydrogens is 260 g/mol. The Balaban J connectivity index is 2.47. The highest BCUT2D eigenvalue weighted by atomic mass is 32.2. The van der Waals surface area contributed by atoms with Crippen molar-refractivity contribution in [2.45, 2.75) is 23.1 Å². The third-order valence-corrected chi connectivity index (χ3v) is 4.46. The molecule has 0 aliphatic heterocycles. The van der Waals surface area contributed by atoms with Gasteiger partial charge < -0.3 is 4.74 Å². The lowest BCUT2D eigenvalue weighted by molar-refractivity contribution is 0.309. The van der Waals surface area contributed by atoms with Gasteiger partial charge in [0.15, 0.2) is 0 Å². The number of benzene rings is 2. The first-order valence-electron chi connectivity index (χ1n) is 6.18. The fourth-order valence-corrected chi connectivity index (χ4v) is 3.15. The van der Waals surface area contributed by atoms with Crippen LogP contribution in [0.25, 0.3) is 0 Å². The fourth-order valence-electron chi connectivity index (χ4n) is 1.73. The Kier molecular flexibility index (Phi) is 4.22. The second-order valence-electron chi connectivity index (χ2n) is 4.11. The van der Waals surface area contributed by atoms with Crippen molar-refractivity contribution in [2.24, 2.45) is 0 Å². The van der Waals surface area contributed by atoms with Crippen LogP contribution in [-0.4, -0.2) is 15.0 Å². The third-order valence-electron chi connectivity index (χ3n) is 2.65. The van der Waals surface area contributed by atoms with Crippen LogP contribution in [0, 0.1) is 0 Å². The highest BCUT2D eigenvalue weighted by Gasteiger charge is 2.21. The quantitative estimate of drug-likeness (QED) is 0.841. The van der Waals surface area contributed by atoms with Crippen molar-refractivity contribution in [3.05, 3.63) is 54.6 Å². The van der Waals surface area contributed by atoms with Gasteiger partial charge in [-0.25, -0.2) is 8.42 Å². The molecular formula is C15H16O3S. The van der Waals surface area contributed by atoms with Gasteiger partial charge in [-0.2, -0.15) is 0 Å². The number of ether oxygens (including phenoxy) is 1. The van der Waals surface area contributed by atoms with E-state index in [1.807, 2.05) is 6.92 Å². The molecule has 2 aromatic carbocycles.